The average molecular weight is 238 g/mol. The first kappa shape index (κ1) is 13.4. The van der Waals surface area contributed by atoms with Crippen LogP contribution in [0.3, 0.4) is 0 Å². The highest BCUT2D eigenvalue weighted by atomic mass is 16.5. The van der Waals surface area contributed by atoms with Gasteiger partial charge in [0.25, 0.3) is 0 Å². The lowest BCUT2D eigenvalue weighted by Gasteiger charge is -2.18. The van der Waals surface area contributed by atoms with Crippen LogP contribution >= 0.6 is 0 Å². The third kappa shape index (κ3) is 2.91. The third-order valence-electron chi connectivity index (χ3n) is 2.48. The number of aliphatic hydroxyl groups excluding tert-OH is 1. The fourth-order valence-corrected chi connectivity index (χ4v) is 1.64. The number of hydrogen-bond acceptors (Lipinski definition) is 4. The van der Waals surface area contributed by atoms with Crippen molar-refractivity contribution in [2.45, 2.75) is 12.5 Å². The second kappa shape index (κ2) is 6.15. The second-order valence-electron chi connectivity index (χ2n) is 3.49. The molecule has 0 spiro atoms. The molecule has 1 rings (SSSR count). The Balaban J connectivity index is 3.28. The van der Waals surface area contributed by atoms with Crippen molar-refractivity contribution in [2.24, 2.45) is 0 Å². The molecular formula is C13H18O4. The molecule has 0 amide bonds. The van der Waals surface area contributed by atoms with Gasteiger partial charge in [0.2, 0.25) is 0 Å². The fourth-order valence-electron chi connectivity index (χ4n) is 1.64. The Hall–Kier alpha value is -1.68. The normalized spacial score (nSPS) is 11.8. The number of methoxy groups -OCH3 is 3. The maximum absolute atomic E-state index is 10.0. The van der Waals surface area contributed by atoms with Crippen LogP contribution in [0, 0.1) is 0 Å². The van der Waals surface area contributed by atoms with Crippen molar-refractivity contribution in [2.75, 3.05) is 21.3 Å². The van der Waals surface area contributed by atoms with Gasteiger partial charge in [-0.2, -0.15) is 0 Å². The van der Waals surface area contributed by atoms with Crippen molar-refractivity contribution in [1.82, 2.24) is 0 Å². The lowest BCUT2D eigenvalue weighted by atomic mass is 10.0. The zero-order chi connectivity index (χ0) is 12.8. The number of ether oxygens (including phenoxy) is 3. The number of hydrogen-bond donors (Lipinski definition) is 1. The molecule has 0 aromatic heterocycles. The first-order chi connectivity index (χ1) is 8.17. The fraction of sp³-hybridized carbons (Fsp3) is 0.385. The molecule has 4 heteroatoms. The van der Waals surface area contributed by atoms with E-state index in [-0.39, 0.29) is 0 Å². The summed E-state index contributed by atoms with van der Waals surface area (Å²) in [5.41, 5.74) is 0.607. The van der Waals surface area contributed by atoms with Crippen molar-refractivity contribution in [1.29, 1.82) is 0 Å². The molecule has 1 atom stereocenters. The van der Waals surface area contributed by atoms with Crippen molar-refractivity contribution in [3.8, 4) is 17.2 Å². The van der Waals surface area contributed by atoms with Crippen LogP contribution < -0.4 is 14.2 Å². The number of aliphatic hydroxyl groups is 1. The van der Waals surface area contributed by atoms with Gasteiger partial charge in [-0.05, 0) is 6.42 Å². The lowest BCUT2D eigenvalue weighted by Crippen LogP contribution is -2.03. The zero-order valence-electron chi connectivity index (χ0n) is 10.4. The van der Waals surface area contributed by atoms with Gasteiger partial charge in [0, 0.05) is 12.1 Å². The summed E-state index contributed by atoms with van der Waals surface area (Å²) in [5.74, 6) is 1.69. The minimum atomic E-state index is -0.705. The van der Waals surface area contributed by atoms with Gasteiger partial charge in [-0.3, -0.25) is 0 Å². The molecule has 0 bridgehead atoms. The van der Waals surface area contributed by atoms with Gasteiger partial charge >= 0.3 is 0 Å². The minimum Gasteiger partial charge on any atom is -0.496 e. The Labute approximate surface area is 101 Å². The zero-order valence-corrected chi connectivity index (χ0v) is 10.4. The number of rotatable bonds is 6. The van der Waals surface area contributed by atoms with Crippen molar-refractivity contribution < 1.29 is 19.3 Å². The Morgan fingerprint density at radius 1 is 1.18 bits per heavy atom. The van der Waals surface area contributed by atoms with E-state index >= 15 is 0 Å². The van der Waals surface area contributed by atoms with Crippen molar-refractivity contribution in [3.05, 3.63) is 30.4 Å². The van der Waals surface area contributed by atoms with E-state index in [0.29, 0.717) is 29.2 Å². The van der Waals surface area contributed by atoms with Crippen molar-refractivity contribution in [3.63, 3.8) is 0 Å². The van der Waals surface area contributed by atoms with Crippen LogP contribution in [0.2, 0.25) is 0 Å². The molecule has 0 fully saturated rings. The SMILES string of the molecule is C=CCC(O)c1c(OC)cc(OC)cc1OC. The molecule has 0 aliphatic carbocycles. The van der Waals surface area contributed by atoms with E-state index in [1.165, 1.54) is 0 Å². The Morgan fingerprint density at radius 2 is 1.71 bits per heavy atom. The first-order valence-corrected chi connectivity index (χ1v) is 5.26. The van der Waals surface area contributed by atoms with E-state index in [0.717, 1.165) is 0 Å². The highest BCUT2D eigenvalue weighted by Gasteiger charge is 2.19. The molecule has 0 aliphatic heterocycles. The smallest absolute Gasteiger partial charge is 0.132 e. The van der Waals surface area contributed by atoms with Gasteiger partial charge in [0.15, 0.2) is 0 Å². The molecule has 4 nitrogen and oxygen atoms in total. The molecule has 0 radical (unpaired) electrons. The van der Waals surface area contributed by atoms with Gasteiger partial charge in [0.1, 0.15) is 17.2 Å². The Morgan fingerprint density at radius 3 is 2.06 bits per heavy atom. The van der Waals surface area contributed by atoms with E-state index in [2.05, 4.69) is 6.58 Å². The summed E-state index contributed by atoms with van der Waals surface area (Å²) in [5, 5.41) is 10.0. The summed E-state index contributed by atoms with van der Waals surface area (Å²) in [6, 6.07) is 3.42. The van der Waals surface area contributed by atoms with Crippen LogP contribution in [-0.2, 0) is 0 Å². The predicted molar refractivity (Wildman–Crippen MR) is 65.9 cm³/mol. The summed E-state index contributed by atoms with van der Waals surface area (Å²) < 4.78 is 15.6. The molecule has 0 aliphatic rings. The number of benzene rings is 1. The molecule has 1 aromatic carbocycles. The first-order valence-electron chi connectivity index (χ1n) is 5.26. The Bertz CT molecular complexity index is 362. The largest absolute Gasteiger partial charge is 0.496 e. The van der Waals surface area contributed by atoms with Crippen LogP contribution in [0.5, 0.6) is 17.2 Å². The topological polar surface area (TPSA) is 47.9 Å². The monoisotopic (exact) mass is 238 g/mol. The molecule has 0 heterocycles. The molecule has 0 saturated carbocycles. The van der Waals surface area contributed by atoms with Crippen molar-refractivity contribution >= 4 is 0 Å². The van der Waals surface area contributed by atoms with Gasteiger partial charge in [0.05, 0.1) is 33.0 Å². The molecule has 17 heavy (non-hydrogen) atoms. The molecule has 94 valence electrons. The van der Waals surface area contributed by atoms with Crippen LogP contribution in [0.25, 0.3) is 0 Å². The molecule has 1 aromatic rings. The van der Waals surface area contributed by atoms with Gasteiger partial charge in [-0.25, -0.2) is 0 Å². The third-order valence-corrected chi connectivity index (χ3v) is 2.48. The average Bonchev–Trinajstić information content (AvgIpc) is 2.37. The van der Waals surface area contributed by atoms with Crippen LogP contribution in [0.4, 0.5) is 0 Å². The van der Waals surface area contributed by atoms with Crippen LogP contribution in [-0.4, -0.2) is 26.4 Å². The predicted octanol–water partition coefficient (Wildman–Crippen LogP) is 2.32. The summed E-state index contributed by atoms with van der Waals surface area (Å²) in [6.07, 6.45) is 1.37. The molecule has 0 saturated heterocycles. The molecule has 1 N–H and O–H groups in total. The molecular weight excluding hydrogens is 220 g/mol. The Kier molecular flexibility index (Phi) is 4.84. The standard InChI is InChI=1S/C13H18O4/c1-5-6-10(14)13-11(16-3)7-9(15-2)8-12(13)17-4/h5,7-8,10,14H,1,6H2,2-4H3. The lowest BCUT2D eigenvalue weighted by molar-refractivity contribution is 0.172. The maximum Gasteiger partial charge on any atom is 0.132 e. The van der Waals surface area contributed by atoms with E-state index in [9.17, 15) is 5.11 Å². The summed E-state index contributed by atoms with van der Waals surface area (Å²) in [4.78, 5) is 0. The van der Waals surface area contributed by atoms with E-state index in [1.54, 1.807) is 39.5 Å². The summed E-state index contributed by atoms with van der Waals surface area (Å²) >= 11 is 0. The van der Waals surface area contributed by atoms with E-state index < -0.39 is 6.10 Å². The van der Waals surface area contributed by atoms with Gasteiger partial charge < -0.3 is 19.3 Å². The van der Waals surface area contributed by atoms with Gasteiger partial charge in [-0.15, -0.1) is 6.58 Å². The van der Waals surface area contributed by atoms with Gasteiger partial charge in [-0.1, -0.05) is 6.08 Å². The maximum atomic E-state index is 10.0. The quantitative estimate of drug-likeness (QED) is 0.773. The van der Waals surface area contributed by atoms with E-state index in [1.807, 2.05) is 0 Å². The van der Waals surface area contributed by atoms with E-state index in [4.69, 9.17) is 14.2 Å². The highest BCUT2D eigenvalue weighted by molar-refractivity contribution is 5.52. The van der Waals surface area contributed by atoms with Crippen LogP contribution in [0.15, 0.2) is 24.8 Å². The highest BCUT2D eigenvalue weighted by Crippen LogP contribution is 2.39. The summed E-state index contributed by atoms with van der Waals surface area (Å²) in [6.45, 7) is 3.60. The summed E-state index contributed by atoms with van der Waals surface area (Å²) in [7, 11) is 4.64. The second-order valence-corrected chi connectivity index (χ2v) is 3.49. The minimum absolute atomic E-state index is 0.430. The molecule has 1 unspecified atom stereocenters. The van der Waals surface area contributed by atoms with Crippen LogP contribution in [0.1, 0.15) is 18.1 Å².